The molecule has 5 nitrogen and oxygen atoms in total. The van der Waals surface area contributed by atoms with E-state index >= 15 is 0 Å². The number of ether oxygens (including phenoxy) is 1. The van der Waals surface area contributed by atoms with Crippen molar-refractivity contribution < 1.29 is 4.74 Å². The van der Waals surface area contributed by atoms with Gasteiger partial charge < -0.3 is 10.1 Å². The lowest BCUT2D eigenvalue weighted by atomic mass is 10.3. The number of nitrogens with zero attached hydrogens (tertiary/aromatic N) is 3. The monoisotopic (exact) mass is 280 g/mol. The van der Waals surface area contributed by atoms with Gasteiger partial charge in [0, 0.05) is 12.4 Å². The van der Waals surface area contributed by atoms with E-state index in [1.165, 1.54) is 0 Å². The first-order valence-electron chi connectivity index (χ1n) is 6.69. The van der Waals surface area contributed by atoms with E-state index in [0.717, 1.165) is 22.9 Å². The van der Waals surface area contributed by atoms with Crippen LogP contribution in [0.5, 0.6) is 5.75 Å². The molecule has 0 bridgehead atoms. The van der Waals surface area contributed by atoms with Gasteiger partial charge in [0.05, 0.1) is 25.0 Å². The van der Waals surface area contributed by atoms with Crippen molar-refractivity contribution in [2.24, 2.45) is 0 Å². The number of pyridine rings is 1. The van der Waals surface area contributed by atoms with Gasteiger partial charge in [-0.2, -0.15) is 5.10 Å². The van der Waals surface area contributed by atoms with Crippen molar-refractivity contribution >= 4 is 5.82 Å². The Labute approximate surface area is 123 Å². The summed E-state index contributed by atoms with van der Waals surface area (Å²) in [4.78, 5) is 4.22. The fourth-order valence-electron chi connectivity index (χ4n) is 1.98. The summed E-state index contributed by atoms with van der Waals surface area (Å²) in [5.74, 6) is 1.68. The van der Waals surface area contributed by atoms with Crippen molar-refractivity contribution in [3.05, 3.63) is 66.6 Å². The minimum absolute atomic E-state index is 0.639. The molecule has 0 aliphatic rings. The smallest absolute Gasteiger partial charge is 0.126 e. The number of anilines is 1. The second-order valence-electron chi connectivity index (χ2n) is 4.52. The Morgan fingerprint density at radius 1 is 1.10 bits per heavy atom. The van der Waals surface area contributed by atoms with Crippen LogP contribution in [0.4, 0.5) is 5.82 Å². The fraction of sp³-hybridized carbons (Fsp3) is 0.125. The highest BCUT2D eigenvalue weighted by atomic mass is 16.5. The first-order chi connectivity index (χ1) is 10.3. The minimum Gasteiger partial charge on any atom is -0.497 e. The third-order valence-corrected chi connectivity index (χ3v) is 3.10. The summed E-state index contributed by atoms with van der Waals surface area (Å²) in [7, 11) is 1.66. The Balaban J connectivity index is 1.68. The van der Waals surface area contributed by atoms with E-state index in [4.69, 9.17) is 4.74 Å². The van der Waals surface area contributed by atoms with Crippen LogP contribution in [0.3, 0.4) is 0 Å². The fourth-order valence-corrected chi connectivity index (χ4v) is 1.98. The molecule has 0 spiro atoms. The van der Waals surface area contributed by atoms with Crippen molar-refractivity contribution in [1.82, 2.24) is 14.8 Å². The van der Waals surface area contributed by atoms with Gasteiger partial charge >= 0.3 is 0 Å². The number of benzene rings is 1. The predicted octanol–water partition coefficient (Wildman–Crippen LogP) is 2.89. The molecule has 1 N–H and O–H groups in total. The average molecular weight is 280 g/mol. The largest absolute Gasteiger partial charge is 0.497 e. The Hall–Kier alpha value is -2.82. The molecule has 0 radical (unpaired) electrons. The molecule has 2 heterocycles. The minimum atomic E-state index is 0.639. The van der Waals surface area contributed by atoms with Crippen LogP contribution in [0.2, 0.25) is 0 Å². The molecule has 3 rings (SSSR count). The number of methoxy groups -OCH3 is 1. The molecule has 0 aliphatic carbocycles. The number of hydrogen-bond acceptors (Lipinski definition) is 4. The number of nitrogens with one attached hydrogen (secondary N) is 1. The van der Waals surface area contributed by atoms with E-state index in [0.29, 0.717) is 6.54 Å². The second kappa shape index (κ2) is 6.09. The molecule has 0 saturated carbocycles. The molecule has 0 fully saturated rings. The van der Waals surface area contributed by atoms with Crippen LogP contribution in [0, 0.1) is 0 Å². The molecule has 5 heteroatoms. The van der Waals surface area contributed by atoms with Crippen molar-refractivity contribution in [2.45, 2.75) is 6.54 Å². The number of hydrogen-bond donors (Lipinski definition) is 1. The van der Waals surface area contributed by atoms with Gasteiger partial charge in [0.15, 0.2) is 0 Å². The highest BCUT2D eigenvalue weighted by Crippen LogP contribution is 2.14. The van der Waals surface area contributed by atoms with Crippen LogP contribution in [0.15, 0.2) is 60.9 Å². The maximum absolute atomic E-state index is 5.15. The third-order valence-electron chi connectivity index (χ3n) is 3.10. The first-order valence-corrected chi connectivity index (χ1v) is 6.69. The van der Waals surface area contributed by atoms with Crippen molar-refractivity contribution in [3.8, 4) is 11.4 Å². The van der Waals surface area contributed by atoms with Gasteiger partial charge in [-0.15, -0.1) is 0 Å². The Morgan fingerprint density at radius 2 is 1.95 bits per heavy atom. The Morgan fingerprint density at radius 3 is 2.67 bits per heavy atom. The van der Waals surface area contributed by atoms with E-state index in [2.05, 4.69) is 15.4 Å². The molecular weight excluding hydrogens is 264 g/mol. The topological polar surface area (TPSA) is 52.0 Å². The summed E-state index contributed by atoms with van der Waals surface area (Å²) in [6.45, 7) is 0.639. The van der Waals surface area contributed by atoms with Crippen LogP contribution in [-0.4, -0.2) is 21.9 Å². The predicted molar refractivity (Wildman–Crippen MR) is 81.7 cm³/mol. The molecule has 21 heavy (non-hydrogen) atoms. The van der Waals surface area contributed by atoms with Gasteiger partial charge in [0.25, 0.3) is 0 Å². The van der Waals surface area contributed by atoms with Gasteiger partial charge in [-0.3, -0.25) is 0 Å². The van der Waals surface area contributed by atoms with Gasteiger partial charge in [0.2, 0.25) is 0 Å². The molecular formula is C16H16N4O. The molecule has 0 unspecified atom stereocenters. The highest BCUT2D eigenvalue weighted by molar-refractivity contribution is 5.37. The van der Waals surface area contributed by atoms with E-state index in [-0.39, 0.29) is 0 Å². The Bertz CT molecular complexity index is 692. The molecule has 0 atom stereocenters. The Kier molecular flexibility index (Phi) is 3.82. The zero-order valence-corrected chi connectivity index (χ0v) is 11.7. The third kappa shape index (κ3) is 3.20. The van der Waals surface area contributed by atoms with Crippen molar-refractivity contribution in [1.29, 1.82) is 0 Å². The van der Waals surface area contributed by atoms with Crippen LogP contribution in [0.25, 0.3) is 5.69 Å². The second-order valence-corrected chi connectivity index (χ2v) is 4.52. The van der Waals surface area contributed by atoms with Crippen LogP contribution < -0.4 is 10.1 Å². The normalized spacial score (nSPS) is 10.3. The average Bonchev–Trinajstić information content (AvgIpc) is 3.03. The zero-order valence-electron chi connectivity index (χ0n) is 11.7. The summed E-state index contributed by atoms with van der Waals surface area (Å²) in [6.07, 6.45) is 3.70. The molecule has 2 aromatic heterocycles. The maximum atomic E-state index is 5.15. The van der Waals surface area contributed by atoms with E-state index < -0.39 is 0 Å². The van der Waals surface area contributed by atoms with E-state index in [1.807, 2.05) is 59.4 Å². The van der Waals surface area contributed by atoms with Gasteiger partial charge in [-0.1, -0.05) is 6.07 Å². The van der Waals surface area contributed by atoms with Crippen LogP contribution in [0.1, 0.15) is 5.69 Å². The SMILES string of the molecule is COc1ccc(-n2ccc(CNc3ccccn3)n2)cc1. The van der Waals surface area contributed by atoms with Crippen LogP contribution >= 0.6 is 0 Å². The van der Waals surface area contributed by atoms with Gasteiger partial charge in [-0.05, 0) is 42.5 Å². The van der Waals surface area contributed by atoms with Gasteiger partial charge in [0.1, 0.15) is 11.6 Å². The molecule has 3 aromatic rings. The standard InChI is InChI=1S/C16H16N4O/c1-21-15-7-5-14(6-8-15)20-11-9-13(19-20)12-18-16-4-2-3-10-17-16/h2-11H,12H2,1H3,(H,17,18). The molecule has 1 aromatic carbocycles. The summed E-state index contributed by atoms with van der Waals surface area (Å²) in [5.41, 5.74) is 1.95. The zero-order chi connectivity index (χ0) is 14.5. The summed E-state index contributed by atoms with van der Waals surface area (Å²) in [6, 6.07) is 15.5. The molecule has 0 amide bonds. The lowest BCUT2D eigenvalue weighted by Gasteiger charge is -2.04. The van der Waals surface area contributed by atoms with Crippen molar-refractivity contribution in [2.75, 3.05) is 12.4 Å². The van der Waals surface area contributed by atoms with Crippen LogP contribution in [-0.2, 0) is 6.54 Å². The lowest BCUT2D eigenvalue weighted by Crippen LogP contribution is -2.03. The summed E-state index contributed by atoms with van der Waals surface area (Å²) < 4.78 is 6.99. The summed E-state index contributed by atoms with van der Waals surface area (Å²) >= 11 is 0. The van der Waals surface area contributed by atoms with E-state index in [9.17, 15) is 0 Å². The van der Waals surface area contributed by atoms with E-state index in [1.54, 1.807) is 13.3 Å². The van der Waals surface area contributed by atoms with Gasteiger partial charge in [-0.25, -0.2) is 9.67 Å². The molecule has 0 aliphatic heterocycles. The highest BCUT2D eigenvalue weighted by Gasteiger charge is 2.02. The number of aromatic nitrogens is 3. The summed E-state index contributed by atoms with van der Waals surface area (Å²) in [5, 5.41) is 7.77. The molecule has 0 saturated heterocycles. The van der Waals surface area contributed by atoms with Crippen molar-refractivity contribution in [3.63, 3.8) is 0 Å². The lowest BCUT2D eigenvalue weighted by molar-refractivity contribution is 0.414. The first kappa shape index (κ1) is 13.2. The quantitative estimate of drug-likeness (QED) is 0.780. The number of rotatable bonds is 5. The molecule has 106 valence electrons. The maximum Gasteiger partial charge on any atom is 0.126 e.